The Morgan fingerprint density at radius 1 is 1.00 bits per heavy atom. The van der Waals surface area contributed by atoms with E-state index in [0.717, 1.165) is 5.56 Å². The molecule has 0 amide bonds. The predicted octanol–water partition coefficient (Wildman–Crippen LogP) is 3.71. The minimum atomic E-state index is -4.04. The van der Waals surface area contributed by atoms with Crippen molar-refractivity contribution in [1.29, 1.82) is 0 Å². The highest BCUT2D eigenvalue weighted by Crippen LogP contribution is 2.32. The van der Waals surface area contributed by atoms with Crippen molar-refractivity contribution >= 4 is 21.2 Å². The van der Waals surface area contributed by atoms with Crippen LogP contribution in [0.2, 0.25) is 0 Å². The molecule has 7 heteroatoms. The Hall–Kier alpha value is -3.19. The van der Waals surface area contributed by atoms with E-state index >= 15 is 0 Å². The highest BCUT2D eigenvalue weighted by Gasteiger charge is 2.21. The third-order valence-electron chi connectivity index (χ3n) is 4.30. The molecule has 4 rings (SSSR count). The summed E-state index contributed by atoms with van der Waals surface area (Å²) in [5.41, 5.74) is 2.91. The maximum Gasteiger partial charge on any atom is 0.340 e. The lowest BCUT2D eigenvalue weighted by Gasteiger charge is -2.11. The van der Waals surface area contributed by atoms with Crippen LogP contribution in [0.4, 0.5) is 0 Å². The van der Waals surface area contributed by atoms with Gasteiger partial charge in [0.25, 0.3) is 0 Å². The normalized spacial score (nSPS) is 11.6. The van der Waals surface area contributed by atoms with Crippen LogP contribution in [0.15, 0.2) is 71.8 Å². The number of benzene rings is 2. The maximum atomic E-state index is 12.9. The predicted molar refractivity (Wildman–Crippen MR) is 103 cm³/mol. The molecular formula is C20H17N3O3S. The molecule has 0 radical (unpaired) electrons. The van der Waals surface area contributed by atoms with Crippen LogP contribution in [0.1, 0.15) is 5.69 Å². The maximum absolute atomic E-state index is 12.9. The van der Waals surface area contributed by atoms with Crippen molar-refractivity contribution in [2.75, 3.05) is 0 Å². The molecule has 6 nitrogen and oxygen atoms in total. The van der Waals surface area contributed by atoms with Crippen LogP contribution in [0, 0.1) is 6.92 Å². The van der Waals surface area contributed by atoms with Gasteiger partial charge in [-0.15, -0.1) is 0 Å². The third-order valence-corrected chi connectivity index (χ3v) is 5.50. The van der Waals surface area contributed by atoms with Gasteiger partial charge in [0.15, 0.2) is 11.4 Å². The molecule has 2 aromatic carbocycles. The molecular weight excluding hydrogens is 362 g/mol. The van der Waals surface area contributed by atoms with Crippen LogP contribution in [-0.2, 0) is 17.2 Å². The molecule has 0 fully saturated rings. The zero-order valence-electron chi connectivity index (χ0n) is 14.8. The summed E-state index contributed by atoms with van der Waals surface area (Å²) in [7, 11) is -2.28. The van der Waals surface area contributed by atoms with Crippen molar-refractivity contribution in [2.45, 2.75) is 11.8 Å². The van der Waals surface area contributed by atoms with Gasteiger partial charge in [-0.2, -0.15) is 13.5 Å². The Labute approximate surface area is 157 Å². The number of para-hydroxylation sites is 1. The molecule has 0 bridgehead atoms. The first-order chi connectivity index (χ1) is 13.0. The van der Waals surface area contributed by atoms with E-state index < -0.39 is 10.1 Å². The highest BCUT2D eigenvalue weighted by atomic mass is 32.2. The molecule has 0 spiro atoms. The topological polar surface area (TPSA) is 74.1 Å². The van der Waals surface area contributed by atoms with Gasteiger partial charge in [0.2, 0.25) is 0 Å². The molecule has 2 heterocycles. The average Bonchev–Trinajstić information content (AvgIpc) is 2.96. The number of hydrogen-bond acceptors (Lipinski definition) is 5. The van der Waals surface area contributed by atoms with Crippen LogP contribution < -0.4 is 4.18 Å². The Morgan fingerprint density at radius 2 is 1.70 bits per heavy atom. The van der Waals surface area contributed by atoms with Gasteiger partial charge in [0.05, 0.1) is 11.9 Å². The zero-order chi connectivity index (χ0) is 19.0. The van der Waals surface area contributed by atoms with E-state index in [4.69, 9.17) is 4.18 Å². The van der Waals surface area contributed by atoms with Crippen LogP contribution >= 0.6 is 0 Å². The van der Waals surface area contributed by atoms with Gasteiger partial charge in [0, 0.05) is 18.0 Å². The van der Waals surface area contributed by atoms with Crippen LogP contribution in [0.3, 0.4) is 0 Å². The van der Waals surface area contributed by atoms with E-state index in [-0.39, 0.29) is 10.6 Å². The van der Waals surface area contributed by atoms with Crippen molar-refractivity contribution in [3.63, 3.8) is 0 Å². The largest absolute Gasteiger partial charge is 0.378 e. The fraction of sp³-hybridized carbons (Fsp3) is 0.100. The van der Waals surface area contributed by atoms with Crippen LogP contribution in [0.5, 0.6) is 5.75 Å². The molecule has 27 heavy (non-hydrogen) atoms. The van der Waals surface area contributed by atoms with E-state index in [0.29, 0.717) is 22.3 Å². The third kappa shape index (κ3) is 3.17. The van der Waals surface area contributed by atoms with E-state index in [2.05, 4.69) is 10.1 Å². The summed E-state index contributed by atoms with van der Waals surface area (Å²) >= 11 is 0. The number of hydrogen-bond donors (Lipinski definition) is 0. The van der Waals surface area contributed by atoms with Crippen molar-refractivity contribution < 1.29 is 12.6 Å². The standard InChI is InChI=1S/C20H17N3O3S/c1-14-18-12-16(13-21-20(18)23(2)22-14)27(24,25)26-19-11-7-6-10-17(19)15-8-4-3-5-9-15/h3-13H,1-2H3. The SMILES string of the molecule is Cc1nn(C)c2ncc(S(=O)(=O)Oc3ccccc3-c3ccccc3)cc12. The first kappa shape index (κ1) is 17.2. The van der Waals surface area contributed by atoms with Gasteiger partial charge in [-0.05, 0) is 24.6 Å². The van der Waals surface area contributed by atoms with Gasteiger partial charge in [-0.3, -0.25) is 4.68 Å². The molecule has 0 aliphatic heterocycles. The minimum Gasteiger partial charge on any atom is -0.378 e. The summed E-state index contributed by atoms with van der Waals surface area (Å²) in [6.07, 6.45) is 1.30. The summed E-state index contributed by atoms with van der Waals surface area (Å²) in [4.78, 5) is 4.23. The number of aromatic nitrogens is 3. The fourth-order valence-electron chi connectivity index (χ4n) is 2.99. The highest BCUT2D eigenvalue weighted by molar-refractivity contribution is 7.87. The molecule has 2 aromatic heterocycles. The van der Waals surface area contributed by atoms with E-state index in [1.807, 2.05) is 49.4 Å². The van der Waals surface area contributed by atoms with Gasteiger partial charge < -0.3 is 4.18 Å². The lowest BCUT2D eigenvalue weighted by atomic mass is 10.1. The quantitative estimate of drug-likeness (QED) is 0.505. The van der Waals surface area contributed by atoms with Gasteiger partial charge in [-0.1, -0.05) is 48.5 Å². The molecule has 0 saturated heterocycles. The van der Waals surface area contributed by atoms with E-state index in [1.165, 1.54) is 6.20 Å². The molecule has 136 valence electrons. The first-order valence-electron chi connectivity index (χ1n) is 8.34. The monoisotopic (exact) mass is 379 g/mol. The van der Waals surface area contributed by atoms with E-state index in [1.54, 1.807) is 29.9 Å². The van der Waals surface area contributed by atoms with Gasteiger partial charge in [-0.25, -0.2) is 4.98 Å². The van der Waals surface area contributed by atoms with Crippen LogP contribution in [-0.4, -0.2) is 23.2 Å². The minimum absolute atomic E-state index is 0.00559. The second-order valence-corrected chi connectivity index (χ2v) is 7.70. The number of pyridine rings is 1. The lowest BCUT2D eigenvalue weighted by molar-refractivity contribution is 0.486. The Morgan fingerprint density at radius 3 is 2.48 bits per heavy atom. The fourth-order valence-corrected chi connectivity index (χ4v) is 3.91. The summed E-state index contributed by atoms with van der Waals surface area (Å²) in [5, 5.41) is 4.95. The summed E-state index contributed by atoms with van der Waals surface area (Å²) in [5.74, 6) is 0.270. The van der Waals surface area contributed by atoms with Gasteiger partial charge >= 0.3 is 10.1 Å². The average molecular weight is 379 g/mol. The number of aryl methyl sites for hydroxylation is 2. The Bertz CT molecular complexity index is 1230. The van der Waals surface area contributed by atoms with Crippen molar-refractivity contribution in [1.82, 2.24) is 14.8 Å². The number of nitrogens with zero attached hydrogens (tertiary/aromatic N) is 3. The smallest absolute Gasteiger partial charge is 0.340 e. The van der Waals surface area contributed by atoms with Gasteiger partial charge in [0.1, 0.15) is 4.90 Å². The molecule has 0 unspecified atom stereocenters. The summed E-state index contributed by atoms with van der Waals surface area (Å²) in [6.45, 7) is 1.81. The lowest BCUT2D eigenvalue weighted by Crippen LogP contribution is -2.11. The Kier molecular flexibility index (Phi) is 4.16. The van der Waals surface area contributed by atoms with Crippen molar-refractivity contribution in [3.8, 4) is 16.9 Å². The second-order valence-electron chi connectivity index (χ2n) is 6.15. The van der Waals surface area contributed by atoms with Crippen LogP contribution in [0.25, 0.3) is 22.2 Å². The molecule has 0 aliphatic carbocycles. The molecule has 0 N–H and O–H groups in total. The van der Waals surface area contributed by atoms with E-state index in [9.17, 15) is 8.42 Å². The van der Waals surface area contributed by atoms with Crippen molar-refractivity contribution in [3.05, 3.63) is 72.6 Å². The summed E-state index contributed by atoms with van der Waals surface area (Å²) in [6, 6.07) is 18.1. The summed E-state index contributed by atoms with van der Waals surface area (Å²) < 4.78 is 32.8. The molecule has 0 saturated carbocycles. The molecule has 0 atom stereocenters. The number of fused-ring (bicyclic) bond motifs is 1. The number of rotatable bonds is 4. The molecule has 0 aliphatic rings. The zero-order valence-corrected chi connectivity index (χ0v) is 15.6. The first-order valence-corrected chi connectivity index (χ1v) is 9.75. The Balaban J connectivity index is 1.76. The second kappa shape index (κ2) is 6.51. The van der Waals surface area contributed by atoms with Crippen molar-refractivity contribution in [2.24, 2.45) is 7.05 Å². The molecule has 4 aromatic rings.